The summed E-state index contributed by atoms with van der Waals surface area (Å²) in [7, 11) is 0. The van der Waals surface area contributed by atoms with Crippen molar-refractivity contribution in [1.82, 2.24) is 0 Å². The summed E-state index contributed by atoms with van der Waals surface area (Å²) in [4.78, 5) is 36.8. The van der Waals surface area contributed by atoms with Gasteiger partial charge in [-0.1, -0.05) is 26.0 Å². The second kappa shape index (κ2) is 9.20. The molecule has 0 fully saturated rings. The van der Waals surface area contributed by atoms with E-state index < -0.39 is 35.4 Å². The van der Waals surface area contributed by atoms with Gasteiger partial charge in [0.25, 0.3) is 0 Å². The van der Waals surface area contributed by atoms with Gasteiger partial charge in [0.05, 0.1) is 5.56 Å². The van der Waals surface area contributed by atoms with Crippen LogP contribution in [0.3, 0.4) is 0 Å². The molecule has 3 rings (SSSR count). The number of carbonyl (C=O) groups excluding carboxylic acids is 2. The number of benzene rings is 1. The van der Waals surface area contributed by atoms with E-state index in [9.17, 15) is 14.4 Å². The highest BCUT2D eigenvalue weighted by Crippen LogP contribution is 2.46. The Morgan fingerprint density at radius 1 is 1.00 bits per heavy atom. The molecule has 7 nitrogen and oxygen atoms in total. The van der Waals surface area contributed by atoms with Gasteiger partial charge in [-0.05, 0) is 44.9 Å². The zero-order chi connectivity index (χ0) is 22.6. The Labute approximate surface area is 180 Å². The van der Waals surface area contributed by atoms with Crippen molar-refractivity contribution in [3.05, 3.63) is 64.6 Å². The van der Waals surface area contributed by atoms with Crippen LogP contribution in [0.15, 0.2) is 57.8 Å². The Bertz CT molecular complexity index is 1090. The average Bonchev–Trinajstić information content (AvgIpc) is 2.72. The predicted octanol–water partition coefficient (Wildman–Crippen LogP) is 4.39. The highest BCUT2D eigenvalue weighted by Gasteiger charge is 2.49. The first-order chi connectivity index (χ1) is 14.8. The van der Waals surface area contributed by atoms with Crippen LogP contribution < -0.4 is 10.4 Å². The molecule has 0 bridgehead atoms. The lowest BCUT2D eigenvalue weighted by atomic mass is 9.87. The van der Waals surface area contributed by atoms with Gasteiger partial charge in [0, 0.05) is 23.6 Å². The zero-order valence-corrected chi connectivity index (χ0v) is 18.0. The lowest BCUT2D eigenvalue weighted by Crippen LogP contribution is -2.52. The quantitative estimate of drug-likeness (QED) is 0.384. The average molecular weight is 426 g/mol. The molecule has 1 aliphatic rings. The molecule has 7 heteroatoms. The molecule has 1 aliphatic heterocycles. The van der Waals surface area contributed by atoms with Gasteiger partial charge >= 0.3 is 17.6 Å². The molecule has 0 saturated carbocycles. The fraction of sp³-hybridized carbons (Fsp3) is 0.375. The Kier molecular flexibility index (Phi) is 6.63. The molecule has 1 aromatic heterocycles. The van der Waals surface area contributed by atoms with Crippen molar-refractivity contribution in [2.75, 3.05) is 0 Å². The van der Waals surface area contributed by atoms with Gasteiger partial charge in [0.2, 0.25) is 0 Å². The smallest absolute Gasteiger partial charge is 0.336 e. The molecule has 0 saturated heterocycles. The Hall–Kier alpha value is -3.35. The van der Waals surface area contributed by atoms with Gasteiger partial charge in [-0.3, -0.25) is 0 Å². The third-order valence-electron chi connectivity index (χ3n) is 4.87. The van der Waals surface area contributed by atoms with Crippen molar-refractivity contribution >= 4 is 22.9 Å². The molecule has 0 N–H and O–H groups in total. The minimum Gasteiger partial charge on any atom is -0.483 e. The van der Waals surface area contributed by atoms with Crippen molar-refractivity contribution < 1.29 is 28.2 Å². The normalized spacial score (nSPS) is 19.9. The van der Waals surface area contributed by atoms with Gasteiger partial charge < -0.3 is 18.6 Å². The summed E-state index contributed by atoms with van der Waals surface area (Å²) in [6.45, 7) is 7.27. The predicted molar refractivity (Wildman–Crippen MR) is 115 cm³/mol. The first-order valence-corrected chi connectivity index (χ1v) is 10.3. The van der Waals surface area contributed by atoms with Crippen LogP contribution in [0.1, 0.15) is 52.2 Å². The molecule has 2 heterocycles. The Balaban J connectivity index is 2.16. The number of allylic oxidation sites excluding steroid dienone is 2. The molecule has 0 amide bonds. The number of ether oxygens (including phenoxy) is 3. The van der Waals surface area contributed by atoms with E-state index in [1.54, 1.807) is 44.2 Å². The molecule has 2 aromatic rings. The molecule has 2 atom stereocenters. The standard InChI is InChI=1S/C24H26O7/c1-5-7-9-17(25)29-22-20-16(13-11-15-12-14-19(27)28-21(15)20)31-24(3,4)23(22)30-18(26)10-8-6-2/h7-14,22-23H,5-6H2,1-4H3. The van der Waals surface area contributed by atoms with E-state index in [1.807, 2.05) is 13.8 Å². The maximum absolute atomic E-state index is 12.5. The molecule has 31 heavy (non-hydrogen) atoms. The second-order valence-electron chi connectivity index (χ2n) is 7.69. The number of fused-ring (bicyclic) bond motifs is 3. The fourth-order valence-electron chi connectivity index (χ4n) is 3.43. The van der Waals surface area contributed by atoms with Gasteiger partial charge in [-0.25, -0.2) is 14.4 Å². The van der Waals surface area contributed by atoms with Crippen LogP contribution in [0.25, 0.3) is 11.0 Å². The molecular formula is C24H26O7. The summed E-state index contributed by atoms with van der Waals surface area (Å²) < 4.78 is 23.0. The maximum atomic E-state index is 12.5. The highest BCUT2D eigenvalue weighted by molar-refractivity contribution is 5.86. The summed E-state index contributed by atoms with van der Waals surface area (Å²) in [5.74, 6) is -0.796. The summed E-state index contributed by atoms with van der Waals surface area (Å²) in [5, 5.41) is 0.628. The molecule has 2 unspecified atom stereocenters. The van der Waals surface area contributed by atoms with Crippen molar-refractivity contribution in [2.24, 2.45) is 0 Å². The van der Waals surface area contributed by atoms with E-state index in [2.05, 4.69) is 0 Å². The van der Waals surface area contributed by atoms with E-state index >= 15 is 0 Å². The summed E-state index contributed by atoms with van der Waals surface area (Å²) >= 11 is 0. The van der Waals surface area contributed by atoms with Crippen LogP contribution in [0.2, 0.25) is 0 Å². The van der Waals surface area contributed by atoms with Crippen molar-refractivity contribution in [3.63, 3.8) is 0 Å². The van der Waals surface area contributed by atoms with Gasteiger partial charge in [-0.15, -0.1) is 0 Å². The first kappa shape index (κ1) is 22.3. The second-order valence-corrected chi connectivity index (χ2v) is 7.69. The molecule has 0 spiro atoms. The molecule has 1 aromatic carbocycles. The molecule has 164 valence electrons. The Morgan fingerprint density at radius 2 is 1.61 bits per heavy atom. The minimum absolute atomic E-state index is 0.225. The first-order valence-electron chi connectivity index (χ1n) is 10.3. The van der Waals surface area contributed by atoms with Gasteiger partial charge in [-0.2, -0.15) is 0 Å². The molecular weight excluding hydrogens is 400 g/mol. The number of hydrogen-bond donors (Lipinski definition) is 0. The van der Waals surface area contributed by atoms with Crippen LogP contribution >= 0.6 is 0 Å². The third kappa shape index (κ3) is 4.87. The topological polar surface area (TPSA) is 92.0 Å². The summed E-state index contributed by atoms with van der Waals surface area (Å²) in [5.41, 5.74) is -1.00. The lowest BCUT2D eigenvalue weighted by Gasteiger charge is -2.43. The monoisotopic (exact) mass is 426 g/mol. The third-order valence-corrected chi connectivity index (χ3v) is 4.87. The van der Waals surface area contributed by atoms with Gasteiger partial charge in [0.15, 0.2) is 12.2 Å². The van der Waals surface area contributed by atoms with Crippen molar-refractivity contribution in [2.45, 2.75) is 58.3 Å². The lowest BCUT2D eigenvalue weighted by molar-refractivity contribution is -0.184. The SMILES string of the molecule is CCC=CC(=O)OC1c2c(ccc3ccc(=O)oc23)OC(C)(C)C1OC(=O)C=CCC. The summed E-state index contributed by atoms with van der Waals surface area (Å²) in [6, 6.07) is 6.39. The van der Waals surface area contributed by atoms with Crippen LogP contribution in [-0.2, 0) is 19.1 Å². The minimum atomic E-state index is -1.04. The van der Waals surface area contributed by atoms with E-state index in [0.29, 0.717) is 29.5 Å². The number of carbonyl (C=O) groups is 2. The Morgan fingerprint density at radius 3 is 2.26 bits per heavy atom. The van der Waals surface area contributed by atoms with E-state index in [4.69, 9.17) is 18.6 Å². The number of rotatable bonds is 6. The zero-order valence-electron chi connectivity index (χ0n) is 18.0. The summed E-state index contributed by atoms with van der Waals surface area (Å²) in [6.07, 6.45) is 5.28. The number of esters is 2. The maximum Gasteiger partial charge on any atom is 0.336 e. The van der Waals surface area contributed by atoms with Gasteiger partial charge in [0.1, 0.15) is 16.9 Å². The van der Waals surface area contributed by atoms with Crippen LogP contribution in [-0.4, -0.2) is 23.6 Å². The fourth-order valence-corrected chi connectivity index (χ4v) is 3.43. The highest BCUT2D eigenvalue weighted by atomic mass is 16.6. The van der Waals surface area contributed by atoms with Crippen LogP contribution in [0, 0.1) is 0 Å². The van der Waals surface area contributed by atoms with E-state index in [0.717, 1.165) is 0 Å². The van der Waals surface area contributed by atoms with Crippen molar-refractivity contribution in [3.8, 4) is 5.75 Å². The van der Waals surface area contributed by atoms with Crippen LogP contribution in [0.5, 0.6) is 5.75 Å². The molecule has 0 aliphatic carbocycles. The molecule has 0 radical (unpaired) electrons. The largest absolute Gasteiger partial charge is 0.483 e. The van der Waals surface area contributed by atoms with E-state index in [-0.39, 0.29) is 5.58 Å². The van der Waals surface area contributed by atoms with Crippen molar-refractivity contribution in [1.29, 1.82) is 0 Å². The number of hydrogen-bond acceptors (Lipinski definition) is 7. The van der Waals surface area contributed by atoms with Crippen LogP contribution in [0.4, 0.5) is 0 Å². The van der Waals surface area contributed by atoms with E-state index in [1.165, 1.54) is 18.2 Å².